The molecule has 0 aromatic heterocycles. The van der Waals surface area contributed by atoms with Crippen molar-refractivity contribution in [3.05, 3.63) is 0 Å². The van der Waals surface area contributed by atoms with Crippen molar-refractivity contribution in [2.24, 2.45) is 0 Å². The lowest BCUT2D eigenvalue weighted by atomic mass is 11.0. The molecular formula is C9H32O6P2S2Si. The van der Waals surface area contributed by atoms with Crippen LogP contribution < -0.4 is 0 Å². The third-order valence-corrected chi connectivity index (χ3v) is 3.18. The van der Waals surface area contributed by atoms with Crippen molar-refractivity contribution in [2.75, 3.05) is 0 Å². The Morgan fingerprint density at radius 1 is 0.700 bits per heavy atom. The van der Waals surface area contributed by atoms with Gasteiger partial charge in [-0.3, -0.25) is 0 Å². The Labute approximate surface area is 135 Å². The van der Waals surface area contributed by atoms with E-state index in [0.29, 0.717) is 0 Å². The molecule has 0 rings (SSSR count). The molecule has 6 nitrogen and oxygen atoms in total. The van der Waals surface area contributed by atoms with Gasteiger partial charge in [0.25, 0.3) is 0 Å². The van der Waals surface area contributed by atoms with Crippen LogP contribution in [-0.4, -0.2) is 37.4 Å². The molecule has 0 bridgehead atoms. The summed E-state index contributed by atoms with van der Waals surface area (Å²) in [6, 6.07) is 1.41. The van der Waals surface area contributed by atoms with Gasteiger partial charge in [-0.25, -0.2) is 0 Å². The maximum atomic E-state index is 7.56. The van der Waals surface area contributed by atoms with E-state index in [4.69, 9.17) is 29.4 Å². The van der Waals surface area contributed by atoms with Crippen molar-refractivity contribution in [3.63, 3.8) is 0 Å². The fourth-order valence-corrected chi connectivity index (χ4v) is 0. The lowest BCUT2D eigenvalue weighted by molar-refractivity contribution is 0.361. The van der Waals surface area contributed by atoms with Gasteiger partial charge in [0, 0.05) is 8.07 Å². The van der Waals surface area contributed by atoms with Crippen LogP contribution in [0.15, 0.2) is 0 Å². The monoisotopic (exact) mass is 390 g/mol. The number of hydrogen-bond acceptors (Lipinski definition) is 2. The van der Waals surface area contributed by atoms with Crippen LogP contribution >= 0.6 is 13.4 Å². The van der Waals surface area contributed by atoms with Crippen LogP contribution in [0.25, 0.3) is 0 Å². The fraction of sp³-hybridized carbons (Fsp3) is 1.00. The van der Waals surface area contributed by atoms with E-state index in [2.05, 4.69) is 50.2 Å². The Hall–Kier alpha value is 1.28. The van der Waals surface area contributed by atoms with E-state index in [9.17, 15) is 0 Å². The van der Waals surface area contributed by atoms with E-state index in [1.165, 1.54) is 6.04 Å². The SMILES string of the molecule is CC.CC.CC[Si](C)(C)C.OP(O)(O)=S.OP(O)(O)=S. The van der Waals surface area contributed by atoms with Crippen molar-refractivity contribution in [2.45, 2.75) is 60.3 Å². The summed E-state index contributed by atoms with van der Waals surface area (Å²) in [5.74, 6) is 0. The highest BCUT2D eigenvalue weighted by Gasteiger charge is 2.06. The van der Waals surface area contributed by atoms with Crippen LogP contribution in [0.4, 0.5) is 0 Å². The van der Waals surface area contributed by atoms with Crippen LogP contribution in [-0.2, 0) is 23.6 Å². The maximum Gasteiger partial charge on any atom is 0.319 e. The van der Waals surface area contributed by atoms with Gasteiger partial charge in [0.05, 0.1) is 0 Å². The summed E-state index contributed by atoms with van der Waals surface area (Å²) in [5, 5.41) is 0. The first-order chi connectivity index (χ1) is 8.56. The molecular weight excluding hydrogens is 358 g/mol. The topological polar surface area (TPSA) is 121 Å². The quantitative estimate of drug-likeness (QED) is 0.299. The summed E-state index contributed by atoms with van der Waals surface area (Å²) in [5.41, 5.74) is 0. The van der Waals surface area contributed by atoms with Crippen molar-refractivity contribution < 1.29 is 29.4 Å². The standard InChI is InChI=1S/C5H14Si.2C2H6.2H3O3PS/c1-5-6(2,3)4;2*1-2;2*1-4(2,3)5/h5H2,1-4H3;2*1-2H3;2*(H3,1,2,3,5). The highest BCUT2D eigenvalue weighted by atomic mass is 32.5. The Balaban J connectivity index is -0.0000000501. The predicted octanol–water partition coefficient (Wildman–Crippen LogP) is 2.77. The van der Waals surface area contributed by atoms with Crippen molar-refractivity contribution in [1.29, 1.82) is 0 Å². The minimum atomic E-state index is -3.81. The lowest BCUT2D eigenvalue weighted by Gasteiger charge is -2.09. The normalized spacial score (nSPS) is 10.1. The molecule has 0 unspecified atom stereocenters. The average Bonchev–Trinajstić information content (AvgIpc) is 2.18. The molecule has 0 aromatic rings. The summed E-state index contributed by atoms with van der Waals surface area (Å²) < 4.78 is 0. The zero-order chi connectivity index (χ0) is 18.2. The molecule has 0 aliphatic rings. The number of rotatable bonds is 1. The van der Waals surface area contributed by atoms with Crippen molar-refractivity contribution >= 4 is 45.1 Å². The van der Waals surface area contributed by atoms with Gasteiger partial charge >= 0.3 is 13.4 Å². The average molecular weight is 391 g/mol. The molecule has 0 aliphatic carbocycles. The van der Waals surface area contributed by atoms with Crippen LogP contribution in [0.2, 0.25) is 25.7 Å². The highest BCUT2D eigenvalue weighted by Crippen LogP contribution is 2.26. The second kappa shape index (κ2) is 18.3. The molecule has 0 spiro atoms. The summed E-state index contributed by atoms with van der Waals surface area (Å²) in [7, 11) is -0.631. The summed E-state index contributed by atoms with van der Waals surface area (Å²) in [6.45, 7) is 9.80. The third kappa shape index (κ3) is 352. The second-order valence-electron chi connectivity index (χ2n) is 3.94. The van der Waals surface area contributed by atoms with Gasteiger partial charge in [-0.15, -0.1) is 0 Å². The van der Waals surface area contributed by atoms with Crippen LogP contribution in [0.5, 0.6) is 0 Å². The molecule has 6 N–H and O–H groups in total. The van der Waals surface area contributed by atoms with Crippen LogP contribution in [0, 0.1) is 0 Å². The largest absolute Gasteiger partial charge is 0.325 e. The molecule has 20 heavy (non-hydrogen) atoms. The van der Waals surface area contributed by atoms with E-state index in [0.717, 1.165) is 0 Å². The van der Waals surface area contributed by atoms with E-state index in [1.54, 1.807) is 0 Å². The highest BCUT2D eigenvalue weighted by molar-refractivity contribution is 8.06. The van der Waals surface area contributed by atoms with Gasteiger partial charge in [0.2, 0.25) is 0 Å². The molecule has 0 radical (unpaired) electrons. The molecule has 0 fully saturated rings. The van der Waals surface area contributed by atoms with Gasteiger partial charge in [-0.05, 0) is 23.6 Å². The zero-order valence-corrected chi connectivity index (χ0v) is 18.0. The molecule has 0 atom stereocenters. The van der Waals surface area contributed by atoms with Gasteiger partial charge in [0.15, 0.2) is 0 Å². The smallest absolute Gasteiger partial charge is 0.319 e. The Morgan fingerprint density at radius 3 is 0.750 bits per heavy atom. The maximum absolute atomic E-state index is 7.56. The van der Waals surface area contributed by atoms with E-state index < -0.39 is 21.5 Å². The fourth-order valence-electron chi connectivity index (χ4n) is 0. The summed E-state index contributed by atoms with van der Waals surface area (Å²) in [4.78, 5) is 45.3. The molecule has 11 heteroatoms. The Kier molecular flexibility index (Phi) is 30.3. The molecule has 0 heterocycles. The Bertz CT molecular complexity index is 225. The van der Waals surface area contributed by atoms with E-state index in [-0.39, 0.29) is 0 Å². The van der Waals surface area contributed by atoms with Gasteiger partial charge in [-0.2, -0.15) is 0 Å². The first-order valence-electron chi connectivity index (χ1n) is 6.13. The minimum Gasteiger partial charge on any atom is -0.325 e. The van der Waals surface area contributed by atoms with Gasteiger partial charge in [0.1, 0.15) is 0 Å². The summed E-state index contributed by atoms with van der Waals surface area (Å²) >= 11 is 7.21. The third-order valence-electron chi connectivity index (χ3n) is 1.06. The van der Waals surface area contributed by atoms with E-state index in [1.807, 2.05) is 27.7 Å². The minimum absolute atomic E-state index is 0.631. The predicted molar refractivity (Wildman–Crippen MR) is 98.4 cm³/mol. The van der Waals surface area contributed by atoms with E-state index >= 15 is 0 Å². The molecule has 0 saturated carbocycles. The molecule has 130 valence electrons. The second-order valence-corrected chi connectivity index (χ2v) is 14.8. The van der Waals surface area contributed by atoms with Crippen molar-refractivity contribution in [3.8, 4) is 0 Å². The van der Waals surface area contributed by atoms with Crippen molar-refractivity contribution in [1.82, 2.24) is 0 Å². The molecule has 0 aromatic carbocycles. The first kappa shape index (κ1) is 33.0. The molecule has 0 aliphatic heterocycles. The van der Waals surface area contributed by atoms with Crippen LogP contribution in [0.1, 0.15) is 34.6 Å². The summed E-state index contributed by atoms with van der Waals surface area (Å²) in [6.07, 6.45) is 0. The van der Waals surface area contributed by atoms with Crippen LogP contribution in [0.3, 0.4) is 0 Å². The Morgan fingerprint density at radius 2 is 0.750 bits per heavy atom. The van der Waals surface area contributed by atoms with Gasteiger partial charge < -0.3 is 29.4 Å². The first-order valence-corrected chi connectivity index (χ1v) is 15.2. The zero-order valence-electron chi connectivity index (χ0n) is 13.6. The number of hydrogen-bond donors (Lipinski definition) is 6. The molecule has 0 amide bonds. The molecule has 0 saturated heterocycles. The lowest BCUT2D eigenvalue weighted by Crippen LogP contribution is -2.16. The van der Waals surface area contributed by atoms with Gasteiger partial charge in [-0.1, -0.05) is 60.3 Å².